The van der Waals surface area contributed by atoms with E-state index in [1.807, 2.05) is 13.0 Å². The van der Waals surface area contributed by atoms with Gasteiger partial charge in [-0.2, -0.15) is 0 Å². The van der Waals surface area contributed by atoms with Crippen molar-refractivity contribution in [3.05, 3.63) is 23.7 Å². The first-order valence-electron chi connectivity index (χ1n) is 5.02. The molecule has 0 bridgehead atoms. The number of rotatable bonds is 3. The van der Waals surface area contributed by atoms with Crippen LogP contribution in [-0.4, -0.2) is 19.0 Å². The van der Waals surface area contributed by atoms with Gasteiger partial charge in [0, 0.05) is 13.0 Å². The van der Waals surface area contributed by atoms with Crippen molar-refractivity contribution in [1.29, 1.82) is 0 Å². The van der Waals surface area contributed by atoms with Crippen LogP contribution in [0.25, 0.3) is 0 Å². The standard InChI is InChI=1S/C11H14O3/c1-2-9-3-4-10(14-9)11(12)8-5-6-13-7-8/h3-4,8H,2,5-7H2,1H3. The minimum Gasteiger partial charge on any atom is -0.458 e. The van der Waals surface area contributed by atoms with Crippen LogP contribution in [0.1, 0.15) is 29.7 Å². The summed E-state index contributed by atoms with van der Waals surface area (Å²) in [6, 6.07) is 3.63. The minimum absolute atomic E-state index is 0.00542. The van der Waals surface area contributed by atoms with E-state index in [1.54, 1.807) is 6.07 Å². The zero-order valence-electron chi connectivity index (χ0n) is 8.29. The van der Waals surface area contributed by atoms with Crippen LogP contribution in [0, 0.1) is 5.92 Å². The summed E-state index contributed by atoms with van der Waals surface area (Å²) in [6.45, 7) is 3.24. The number of ketones is 1. The average molecular weight is 194 g/mol. The molecule has 14 heavy (non-hydrogen) atoms. The molecule has 2 rings (SSSR count). The van der Waals surface area contributed by atoms with E-state index in [0.29, 0.717) is 19.0 Å². The molecule has 0 aliphatic carbocycles. The van der Waals surface area contributed by atoms with E-state index in [9.17, 15) is 4.79 Å². The molecule has 1 fully saturated rings. The number of carbonyl (C=O) groups excluding carboxylic acids is 1. The van der Waals surface area contributed by atoms with Crippen molar-refractivity contribution in [3.63, 3.8) is 0 Å². The Labute approximate surface area is 83.0 Å². The van der Waals surface area contributed by atoms with Crippen molar-refractivity contribution >= 4 is 5.78 Å². The third-order valence-corrected chi connectivity index (χ3v) is 2.55. The van der Waals surface area contributed by atoms with Gasteiger partial charge in [0.05, 0.1) is 12.5 Å². The molecule has 76 valence electrons. The van der Waals surface area contributed by atoms with Gasteiger partial charge in [-0.15, -0.1) is 0 Å². The van der Waals surface area contributed by atoms with Gasteiger partial charge in [-0.3, -0.25) is 4.79 Å². The van der Waals surface area contributed by atoms with Crippen LogP contribution < -0.4 is 0 Å². The molecule has 0 amide bonds. The predicted octanol–water partition coefficient (Wildman–Crippen LogP) is 2.06. The van der Waals surface area contributed by atoms with E-state index in [0.717, 1.165) is 18.6 Å². The lowest BCUT2D eigenvalue weighted by atomic mass is 10.0. The smallest absolute Gasteiger partial charge is 0.203 e. The van der Waals surface area contributed by atoms with Gasteiger partial charge >= 0.3 is 0 Å². The molecule has 0 N–H and O–H groups in total. The number of furan rings is 1. The largest absolute Gasteiger partial charge is 0.458 e. The normalized spacial score (nSPS) is 21.4. The highest BCUT2D eigenvalue weighted by Crippen LogP contribution is 2.20. The molecule has 1 unspecified atom stereocenters. The molecule has 1 atom stereocenters. The summed E-state index contributed by atoms with van der Waals surface area (Å²) in [5.41, 5.74) is 0. The van der Waals surface area contributed by atoms with Gasteiger partial charge in [-0.05, 0) is 18.6 Å². The first-order valence-corrected chi connectivity index (χ1v) is 5.02. The molecule has 3 heteroatoms. The van der Waals surface area contributed by atoms with E-state index in [4.69, 9.17) is 9.15 Å². The summed E-state index contributed by atoms with van der Waals surface area (Å²) >= 11 is 0. The molecule has 2 heterocycles. The first kappa shape index (κ1) is 9.46. The van der Waals surface area contributed by atoms with Gasteiger partial charge in [0.15, 0.2) is 5.76 Å². The second-order valence-corrected chi connectivity index (χ2v) is 3.54. The van der Waals surface area contributed by atoms with Crippen molar-refractivity contribution in [3.8, 4) is 0 Å². The highest BCUT2D eigenvalue weighted by molar-refractivity contribution is 5.95. The molecule has 0 radical (unpaired) electrons. The van der Waals surface area contributed by atoms with Crippen molar-refractivity contribution < 1.29 is 13.9 Å². The van der Waals surface area contributed by atoms with Crippen molar-refractivity contribution in [2.45, 2.75) is 19.8 Å². The van der Waals surface area contributed by atoms with Crippen LogP contribution in [-0.2, 0) is 11.2 Å². The second kappa shape index (κ2) is 3.96. The van der Waals surface area contributed by atoms with E-state index >= 15 is 0 Å². The molecular weight excluding hydrogens is 180 g/mol. The summed E-state index contributed by atoms with van der Waals surface area (Å²) in [7, 11) is 0. The fourth-order valence-corrected chi connectivity index (χ4v) is 1.64. The first-order chi connectivity index (χ1) is 6.81. The Morgan fingerprint density at radius 3 is 3.00 bits per heavy atom. The van der Waals surface area contributed by atoms with Crippen LogP contribution >= 0.6 is 0 Å². The summed E-state index contributed by atoms with van der Waals surface area (Å²) in [5.74, 6) is 1.44. The Hall–Kier alpha value is -1.09. The topological polar surface area (TPSA) is 39.4 Å². The maximum Gasteiger partial charge on any atom is 0.203 e. The Bertz CT molecular complexity index is 321. The number of ether oxygens (including phenoxy) is 1. The maximum absolute atomic E-state index is 11.8. The number of aryl methyl sites for hydroxylation is 1. The highest BCUT2D eigenvalue weighted by atomic mass is 16.5. The quantitative estimate of drug-likeness (QED) is 0.691. The Morgan fingerprint density at radius 2 is 2.43 bits per heavy atom. The molecule has 0 aromatic carbocycles. The van der Waals surface area contributed by atoms with Gasteiger partial charge in [-0.1, -0.05) is 6.92 Å². The fourth-order valence-electron chi connectivity index (χ4n) is 1.64. The van der Waals surface area contributed by atoms with Gasteiger partial charge in [-0.25, -0.2) is 0 Å². The van der Waals surface area contributed by atoms with E-state index in [2.05, 4.69) is 0 Å². The van der Waals surface area contributed by atoms with Crippen LogP contribution in [0.15, 0.2) is 16.5 Å². The van der Waals surface area contributed by atoms with Crippen LogP contribution in [0.4, 0.5) is 0 Å². The fraction of sp³-hybridized carbons (Fsp3) is 0.545. The molecule has 1 aliphatic rings. The van der Waals surface area contributed by atoms with E-state index in [-0.39, 0.29) is 11.7 Å². The SMILES string of the molecule is CCc1ccc(C(=O)C2CCOC2)o1. The zero-order valence-corrected chi connectivity index (χ0v) is 8.29. The van der Waals surface area contributed by atoms with Gasteiger partial charge in [0.25, 0.3) is 0 Å². The van der Waals surface area contributed by atoms with Gasteiger partial charge in [0.2, 0.25) is 5.78 Å². The monoisotopic (exact) mass is 194 g/mol. The molecular formula is C11H14O3. The van der Waals surface area contributed by atoms with Gasteiger partial charge < -0.3 is 9.15 Å². The lowest BCUT2D eigenvalue weighted by Gasteiger charge is -2.02. The van der Waals surface area contributed by atoms with Crippen molar-refractivity contribution in [1.82, 2.24) is 0 Å². The Balaban J connectivity index is 2.09. The third kappa shape index (κ3) is 1.73. The molecule has 3 nitrogen and oxygen atoms in total. The highest BCUT2D eigenvalue weighted by Gasteiger charge is 2.26. The second-order valence-electron chi connectivity index (χ2n) is 3.54. The number of carbonyl (C=O) groups is 1. The molecule has 0 spiro atoms. The summed E-state index contributed by atoms with van der Waals surface area (Å²) in [6.07, 6.45) is 1.65. The molecule has 1 aromatic heterocycles. The Morgan fingerprint density at radius 1 is 1.57 bits per heavy atom. The minimum atomic E-state index is 0.00542. The van der Waals surface area contributed by atoms with E-state index < -0.39 is 0 Å². The predicted molar refractivity (Wildman–Crippen MR) is 51.3 cm³/mol. The van der Waals surface area contributed by atoms with Gasteiger partial charge in [0.1, 0.15) is 5.76 Å². The maximum atomic E-state index is 11.8. The molecule has 1 aromatic rings. The van der Waals surface area contributed by atoms with Crippen LogP contribution in [0.5, 0.6) is 0 Å². The van der Waals surface area contributed by atoms with Crippen molar-refractivity contribution in [2.75, 3.05) is 13.2 Å². The zero-order chi connectivity index (χ0) is 9.97. The molecule has 1 aliphatic heterocycles. The van der Waals surface area contributed by atoms with E-state index in [1.165, 1.54) is 0 Å². The Kier molecular flexibility index (Phi) is 2.68. The van der Waals surface area contributed by atoms with Crippen LogP contribution in [0.2, 0.25) is 0 Å². The summed E-state index contributed by atoms with van der Waals surface area (Å²) in [5, 5.41) is 0. The third-order valence-electron chi connectivity index (χ3n) is 2.55. The number of hydrogen-bond donors (Lipinski definition) is 0. The average Bonchev–Trinajstić information content (AvgIpc) is 2.88. The number of Topliss-reactive ketones (excluding diaryl/α,β-unsaturated/α-hetero) is 1. The molecule has 0 saturated carbocycles. The summed E-state index contributed by atoms with van der Waals surface area (Å²) < 4.78 is 10.6. The molecule has 1 saturated heterocycles. The lowest BCUT2D eigenvalue weighted by molar-refractivity contribution is 0.0870. The summed E-state index contributed by atoms with van der Waals surface area (Å²) in [4.78, 5) is 11.8. The number of hydrogen-bond acceptors (Lipinski definition) is 3. The van der Waals surface area contributed by atoms with Crippen molar-refractivity contribution in [2.24, 2.45) is 5.92 Å². The van der Waals surface area contributed by atoms with Crippen LogP contribution in [0.3, 0.4) is 0 Å². The lowest BCUT2D eigenvalue weighted by Crippen LogP contribution is -2.13.